The Bertz CT molecular complexity index is 3240. The Morgan fingerprint density at radius 1 is 0.605 bits per heavy atom. The number of anilines is 2. The quantitative estimate of drug-likeness (QED) is 0.0232. The van der Waals surface area contributed by atoms with Crippen molar-refractivity contribution in [3.8, 4) is 0 Å². The van der Waals surface area contributed by atoms with E-state index in [0.717, 1.165) is 28.5 Å². The number of nitrogens with one attached hydrogen (secondary N) is 4. The molecule has 3 aliphatic rings. The van der Waals surface area contributed by atoms with Crippen LogP contribution in [0.25, 0.3) is 0 Å². The largest absolute Gasteiger partial charge is 0.464 e. The zero-order valence-electron chi connectivity index (χ0n) is 44.8. The van der Waals surface area contributed by atoms with E-state index in [-0.39, 0.29) is 55.7 Å². The fraction of sp³-hybridized carbons (Fsp3) is 0.267. The molecule has 3 saturated heterocycles. The van der Waals surface area contributed by atoms with Gasteiger partial charge in [0.15, 0.2) is 0 Å². The van der Waals surface area contributed by atoms with Crippen molar-refractivity contribution in [1.82, 2.24) is 20.4 Å². The van der Waals surface area contributed by atoms with E-state index in [0.29, 0.717) is 48.7 Å². The van der Waals surface area contributed by atoms with E-state index in [9.17, 15) is 37.2 Å². The molecule has 3 heterocycles. The third-order valence-electron chi connectivity index (χ3n) is 13.6. The summed E-state index contributed by atoms with van der Waals surface area (Å²) in [5, 5.41) is 22.4. The standard InChI is InChI=1S/C34H37N5O6.C26H25N3O6S/c1-3-44-33(42)23(2)38-19-18-37(22-29(38)40)20-28-21-39(34(43)45-28)27-16-14-26(15-17-27)31(35)36-32(41)30(24-10-6-4-7-11-24)25-12-8-5-9-13-25;1-36(32,33)34-17-22-16-29(26(31)35-22)21-14-12-20(13-15-21)24(27)28-25(30)23(18-8-4-2-5-9-18)19-10-6-3-7-11-19/h4-17,23,28,30H,3,18-22H2,1-2H3,(H2,35,36,41);2-15,22-23H,16-17H2,1H3,(H2,27,28,30). The van der Waals surface area contributed by atoms with Gasteiger partial charge in [-0.15, -0.1) is 0 Å². The molecule has 6 aromatic rings. The Morgan fingerprint density at radius 2 is 1.00 bits per heavy atom. The van der Waals surface area contributed by atoms with Gasteiger partial charge in [-0.05, 0) is 84.6 Å². The van der Waals surface area contributed by atoms with Crippen molar-refractivity contribution in [2.45, 2.75) is 43.9 Å². The molecule has 3 unspecified atom stereocenters. The van der Waals surface area contributed by atoms with E-state index in [1.165, 1.54) is 14.7 Å². The van der Waals surface area contributed by atoms with Crippen LogP contribution in [0, 0.1) is 10.8 Å². The predicted molar refractivity (Wildman–Crippen MR) is 303 cm³/mol. The molecule has 9 rings (SSSR count). The Morgan fingerprint density at radius 3 is 1.38 bits per heavy atom. The minimum absolute atomic E-state index is 0.0497. The molecule has 21 heteroatoms. The number of ether oxygens (including phenoxy) is 3. The van der Waals surface area contributed by atoms with Crippen LogP contribution >= 0.6 is 0 Å². The number of hydrogen-bond acceptors (Lipinski definition) is 15. The molecule has 20 nitrogen and oxygen atoms in total. The van der Waals surface area contributed by atoms with E-state index >= 15 is 0 Å². The minimum atomic E-state index is -3.65. The highest BCUT2D eigenvalue weighted by atomic mass is 32.2. The number of piperazine rings is 1. The van der Waals surface area contributed by atoms with Crippen molar-refractivity contribution in [3.05, 3.63) is 203 Å². The zero-order chi connectivity index (χ0) is 57.6. The van der Waals surface area contributed by atoms with Crippen LogP contribution in [0.4, 0.5) is 21.0 Å². The molecule has 4 N–H and O–H groups in total. The number of esters is 1. The van der Waals surface area contributed by atoms with Crippen LogP contribution in [0.2, 0.25) is 0 Å². The first-order chi connectivity index (χ1) is 39.0. The van der Waals surface area contributed by atoms with Gasteiger partial charge < -0.3 is 29.7 Å². The third-order valence-corrected chi connectivity index (χ3v) is 14.2. The van der Waals surface area contributed by atoms with E-state index < -0.39 is 58.4 Å². The Kier molecular flexibility index (Phi) is 19.2. The molecule has 3 aliphatic heterocycles. The maximum Gasteiger partial charge on any atom is 0.414 e. The van der Waals surface area contributed by atoms with Crippen LogP contribution in [-0.2, 0) is 47.7 Å². The lowest BCUT2D eigenvalue weighted by Gasteiger charge is -2.37. The summed E-state index contributed by atoms with van der Waals surface area (Å²) in [5.41, 5.74) is 5.32. The summed E-state index contributed by atoms with van der Waals surface area (Å²) in [6, 6.07) is 50.2. The summed E-state index contributed by atoms with van der Waals surface area (Å²) < 4.78 is 42.9. The van der Waals surface area contributed by atoms with Gasteiger partial charge in [-0.1, -0.05) is 121 Å². The van der Waals surface area contributed by atoms with Gasteiger partial charge in [0.25, 0.3) is 10.1 Å². The topological polar surface area (TPSA) is 258 Å². The molecule has 3 fully saturated rings. The maximum atomic E-state index is 13.4. The van der Waals surface area contributed by atoms with Crippen LogP contribution in [0.1, 0.15) is 59.1 Å². The van der Waals surface area contributed by atoms with Crippen molar-refractivity contribution >= 4 is 69.0 Å². The molecule has 0 saturated carbocycles. The highest BCUT2D eigenvalue weighted by molar-refractivity contribution is 7.86. The zero-order valence-corrected chi connectivity index (χ0v) is 45.6. The van der Waals surface area contributed by atoms with Crippen molar-refractivity contribution in [2.24, 2.45) is 0 Å². The molecule has 0 radical (unpaired) electrons. The van der Waals surface area contributed by atoms with Gasteiger partial charge in [0.05, 0.1) is 44.3 Å². The fourth-order valence-electron chi connectivity index (χ4n) is 9.55. The minimum Gasteiger partial charge on any atom is -0.464 e. The van der Waals surface area contributed by atoms with Crippen molar-refractivity contribution in [2.75, 3.05) is 68.5 Å². The number of cyclic esters (lactones) is 2. The third kappa shape index (κ3) is 15.2. The first kappa shape index (κ1) is 58.1. The van der Waals surface area contributed by atoms with E-state index in [2.05, 4.69) is 10.6 Å². The highest BCUT2D eigenvalue weighted by Crippen LogP contribution is 2.29. The van der Waals surface area contributed by atoms with Gasteiger partial charge in [-0.3, -0.25) is 44.1 Å². The van der Waals surface area contributed by atoms with E-state index in [4.69, 9.17) is 29.2 Å². The Hall–Kier alpha value is -9.05. The summed E-state index contributed by atoms with van der Waals surface area (Å²) in [6.07, 6.45) is -1.36. The van der Waals surface area contributed by atoms with E-state index in [1.807, 2.05) is 126 Å². The van der Waals surface area contributed by atoms with Gasteiger partial charge in [0.2, 0.25) is 17.7 Å². The second-order valence-corrected chi connectivity index (χ2v) is 20.9. The maximum absolute atomic E-state index is 13.4. The lowest BCUT2D eigenvalue weighted by Crippen LogP contribution is -2.56. The number of benzene rings is 6. The van der Waals surface area contributed by atoms with E-state index in [1.54, 1.807) is 62.4 Å². The predicted octanol–water partition coefficient (Wildman–Crippen LogP) is 6.64. The molecular formula is C60H62N8O12S. The first-order valence-electron chi connectivity index (χ1n) is 26.1. The number of rotatable bonds is 18. The number of nitrogens with zero attached hydrogens (tertiary/aromatic N) is 4. The van der Waals surface area contributed by atoms with Crippen LogP contribution < -0.4 is 20.4 Å². The van der Waals surface area contributed by atoms with Gasteiger partial charge in [-0.25, -0.2) is 14.4 Å². The van der Waals surface area contributed by atoms with Crippen LogP contribution in [0.5, 0.6) is 0 Å². The smallest absolute Gasteiger partial charge is 0.414 e. The number of carbonyl (C=O) groups excluding carboxylic acids is 6. The Balaban J connectivity index is 0.000000218. The SMILES string of the molecule is CCOC(=O)C(C)N1CCN(CC2CN(c3ccc(C(=N)NC(=O)C(c4ccccc4)c4ccccc4)cc3)C(=O)O2)CC1=O.CS(=O)(=O)OCC1CN(c2ccc(C(=N)NC(=O)C(c3ccccc3)c3ccccc3)cc2)C(=O)O1. The summed E-state index contributed by atoms with van der Waals surface area (Å²) in [6.45, 7) is 5.23. The number of carbonyl (C=O) groups is 6. The molecule has 3 atom stereocenters. The molecule has 0 aromatic heterocycles. The van der Waals surface area contributed by atoms with Gasteiger partial charge >= 0.3 is 18.2 Å². The van der Waals surface area contributed by atoms with Gasteiger partial charge in [0, 0.05) is 42.1 Å². The van der Waals surface area contributed by atoms with Crippen molar-refractivity contribution in [1.29, 1.82) is 10.8 Å². The number of amides is 5. The molecule has 0 aliphatic carbocycles. The molecule has 6 aromatic carbocycles. The first-order valence-corrected chi connectivity index (χ1v) is 28.0. The average molecular weight is 1120 g/mol. The highest BCUT2D eigenvalue weighted by Gasteiger charge is 2.38. The molecule has 5 amide bonds. The summed E-state index contributed by atoms with van der Waals surface area (Å²) >= 11 is 0. The van der Waals surface area contributed by atoms with Crippen LogP contribution in [0.15, 0.2) is 170 Å². The molecule has 81 heavy (non-hydrogen) atoms. The average Bonchev–Trinajstić information content (AvgIpc) is 4.05. The molecular weight excluding hydrogens is 1060 g/mol. The summed E-state index contributed by atoms with van der Waals surface area (Å²) in [7, 11) is -3.65. The molecule has 0 bridgehead atoms. The normalized spacial score (nSPS) is 16.7. The molecule has 0 spiro atoms. The lowest BCUT2D eigenvalue weighted by molar-refractivity contribution is -0.156. The Labute approximate surface area is 469 Å². The monoisotopic (exact) mass is 1120 g/mol. The number of hydrogen-bond donors (Lipinski definition) is 4. The summed E-state index contributed by atoms with van der Waals surface area (Å²) in [4.78, 5) is 82.7. The second-order valence-electron chi connectivity index (χ2n) is 19.3. The van der Waals surface area contributed by atoms with Gasteiger partial charge in [-0.2, -0.15) is 8.42 Å². The van der Waals surface area contributed by atoms with Crippen molar-refractivity contribution < 1.29 is 55.6 Å². The molecule has 420 valence electrons. The van der Waals surface area contributed by atoms with Crippen LogP contribution in [-0.4, -0.2) is 143 Å². The van der Waals surface area contributed by atoms with Gasteiger partial charge in [0.1, 0.15) is 36.5 Å². The van der Waals surface area contributed by atoms with Crippen molar-refractivity contribution in [3.63, 3.8) is 0 Å². The number of amidine groups is 2. The lowest BCUT2D eigenvalue weighted by atomic mass is 9.90. The second kappa shape index (κ2) is 26.7. The summed E-state index contributed by atoms with van der Waals surface area (Å²) in [5.74, 6) is -2.54. The van der Waals surface area contributed by atoms with Crippen LogP contribution in [0.3, 0.4) is 0 Å². The fourth-order valence-corrected chi connectivity index (χ4v) is 9.95.